The molecule has 2 fully saturated rings. The molecule has 4 heteroatoms. The van der Waals surface area contributed by atoms with Gasteiger partial charge in [0.25, 0.3) is 0 Å². The number of nitrogens with one attached hydrogen (secondary N) is 2. The van der Waals surface area contributed by atoms with E-state index in [9.17, 15) is 9.59 Å². The minimum absolute atomic E-state index is 0.0231. The zero-order chi connectivity index (χ0) is 15.6. The van der Waals surface area contributed by atoms with E-state index >= 15 is 0 Å². The molecular weight excluding hydrogens is 276 g/mol. The summed E-state index contributed by atoms with van der Waals surface area (Å²) in [4.78, 5) is 23.6. The molecule has 1 saturated carbocycles. The molecule has 118 valence electrons. The van der Waals surface area contributed by atoms with Gasteiger partial charge in [0.05, 0.1) is 6.42 Å². The largest absolute Gasteiger partial charge is 0.353 e. The topological polar surface area (TPSA) is 58.2 Å². The maximum absolute atomic E-state index is 12.1. The molecule has 4 nitrogen and oxygen atoms in total. The van der Waals surface area contributed by atoms with Gasteiger partial charge in [-0.3, -0.25) is 9.59 Å². The Morgan fingerprint density at radius 3 is 2.50 bits per heavy atom. The monoisotopic (exact) mass is 300 g/mol. The molecule has 1 spiro atoms. The van der Waals surface area contributed by atoms with Crippen LogP contribution in [0.25, 0.3) is 0 Å². The molecule has 0 atom stereocenters. The van der Waals surface area contributed by atoms with E-state index < -0.39 is 0 Å². The fourth-order valence-electron chi connectivity index (χ4n) is 3.63. The molecule has 0 bridgehead atoms. The molecule has 1 aromatic carbocycles. The highest BCUT2D eigenvalue weighted by atomic mass is 16.2. The molecule has 2 aliphatic rings. The van der Waals surface area contributed by atoms with E-state index in [4.69, 9.17) is 0 Å². The minimum Gasteiger partial charge on any atom is -0.353 e. The van der Waals surface area contributed by atoms with E-state index in [1.54, 1.807) is 0 Å². The number of rotatable bonds is 3. The fraction of sp³-hybridized carbons (Fsp3) is 0.556. The highest BCUT2D eigenvalue weighted by molar-refractivity contribution is 5.80. The van der Waals surface area contributed by atoms with E-state index in [1.807, 2.05) is 31.2 Å². The average molecular weight is 300 g/mol. The third-order valence-corrected chi connectivity index (χ3v) is 5.03. The first-order valence-corrected chi connectivity index (χ1v) is 8.21. The van der Waals surface area contributed by atoms with Crippen LogP contribution in [-0.4, -0.2) is 23.4 Å². The molecule has 0 aromatic heterocycles. The van der Waals surface area contributed by atoms with Gasteiger partial charge in [-0.2, -0.15) is 0 Å². The van der Waals surface area contributed by atoms with E-state index in [2.05, 4.69) is 10.6 Å². The second kappa shape index (κ2) is 6.11. The highest BCUT2D eigenvalue weighted by Crippen LogP contribution is 2.35. The Labute approximate surface area is 131 Å². The van der Waals surface area contributed by atoms with Gasteiger partial charge in [-0.15, -0.1) is 0 Å². The standard InChI is InChI=1S/C18H24N2O2/c1-13-2-4-14(5-3-13)12-17(22)19-15-6-9-18(10-7-15)11-8-16(21)20-18/h2-5,15H,6-12H2,1H3,(H,19,22)(H,20,21). The number of benzene rings is 1. The van der Waals surface area contributed by atoms with Crippen molar-refractivity contribution in [2.24, 2.45) is 0 Å². The molecule has 1 heterocycles. The van der Waals surface area contributed by atoms with Crippen molar-refractivity contribution in [1.29, 1.82) is 0 Å². The van der Waals surface area contributed by atoms with Crippen LogP contribution in [-0.2, 0) is 16.0 Å². The first kappa shape index (κ1) is 15.1. The smallest absolute Gasteiger partial charge is 0.224 e. The molecule has 2 N–H and O–H groups in total. The third-order valence-electron chi connectivity index (χ3n) is 5.03. The van der Waals surface area contributed by atoms with Crippen LogP contribution in [0.5, 0.6) is 0 Å². The number of carbonyl (C=O) groups excluding carboxylic acids is 2. The van der Waals surface area contributed by atoms with Gasteiger partial charge in [-0.25, -0.2) is 0 Å². The van der Waals surface area contributed by atoms with Gasteiger partial charge >= 0.3 is 0 Å². The summed E-state index contributed by atoms with van der Waals surface area (Å²) in [5.74, 6) is 0.280. The summed E-state index contributed by atoms with van der Waals surface area (Å²) in [6, 6.07) is 8.35. The van der Waals surface area contributed by atoms with Crippen molar-refractivity contribution in [2.75, 3.05) is 0 Å². The van der Waals surface area contributed by atoms with Crippen molar-refractivity contribution in [3.8, 4) is 0 Å². The van der Waals surface area contributed by atoms with E-state index in [1.165, 1.54) is 5.56 Å². The first-order chi connectivity index (χ1) is 10.5. The summed E-state index contributed by atoms with van der Waals surface area (Å²) >= 11 is 0. The fourth-order valence-corrected chi connectivity index (χ4v) is 3.63. The minimum atomic E-state index is 0.0231. The summed E-state index contributed by atoms with van der Waals surface area (Å²) in [6.45, 7) is 2.05. The number of hydrogen-bond donors (Lipinski definition) is 2. The summed E-state index contributed by atoms with van der Waals surface area (Å²) in [6.07, 6.45) is 5.93. The van der Waals surface area contributed by atoms with Crippen LogP contribution in [0.4, 0.5) is 0 Å². The lowest BCUT2D eigenvalue weighted by Crippen LogP contribution is -2.49. The van der Waals surface area contributed by atoms with Crippen LogP contribution in [0.15, 0.2) is 24.3 Å². The highest BCUT2D eigenvalue weighted by Gasteiger charge is 2.40. The average Bonchev–Trinajstić information content (AvgIpc) is 2.85. The zero-order valence-corrected chi connectivity index (χ0v) is 13.2. The van der Waals surface area contributed by atoms with Gasteiger partial charge in [-0.05, 0) is 44.6 Å². The Bertz CT molecular complexity index is 557. The lowest BCUT2D eigenvalue weighted by Gasteiger charge is -2.37. The van der Waals surface area contributed by atoms with Crippen LogP contribution in [0.1, 0.15) is 49.7 Å². The summed E-state index contributed by atoms with van der Waals surface area (Å²) in [5.41, 5.74) is 2.29. The van der Waals surface area contributed by atoms with Crippen LogP contribution in [0.2, 0.25) is 0 Å². The van der Waals surface area contributed by atoms with Gasteiger partial charge < -0.3 is 10.6 Å². The van der Waals surface area contributed by atoms with Crippen molar-refractivity contribution in [3.63, 3.8) is 0 Å². The maximum Gasteiger partial charge on any atom is 0.224 e. The SMILES string of the molecule is Cc1ccc(CC(=O)NC2CCC3(CCC(=O)N3)CC2)cc1. The van der Waals surface area contributed by atoms with Crippen LogP contribution < -0.4 is 10.6 Å². The molecular formula is C18H24N2O2. The van der Waals surface area contributed by atoms with Crippen molar-refractivity contribution >= 4 is 11.8 Å². The number of aryl methyl sites for hydroxylation is 1. The number of carbonyl (C=O) groups is 2. The molecule has 1 aliphatic carbocycles. The Morgan fingerprint density at radius 1 is 1.23 bits per heavy atom. The summed E-state index contributed by atoms with van der Waals surface area (Å²) in [7, 11) is 0. The number of hydrogen-bond acceptors (Lipinski definition) is 2. The van der Waals surface area contributed by atoms with Gasteiger partial charge in [0.1, 0.15) is 0 Å². The first-order valence-electron chi connectivity index (χ1n) is 8.21. The van der Waals surface area contributed by atoms with Gasteiger partial charge in [-0.1, -0.05) is 29.8 Å². The summed E-state index contributed by atoms with van der Waals surface area (Å²) in [5, 5.41) is 6.28. The van der Waals surface area contributed by atoms with Crippen molar-refractivity contribution in [2.45, 2.75) is 63.5 Å². The molecule has 0 radical (unpaired) electrons. The second-order valence-corrected chi connectivity index (χ2v) is 6.83. The Hall–Kier alpha value is -1.84. The quantitative estimate of drug-likeness (QED) is 0.899. The number of amides is 2. The van der Waals surface area contributed by atoms with Gasteiger partial charge in [0.2, 0.25) is 11.8 Å². The molecule has 1 aliphatic heterocycles. The second-order valence-electron chi connectivity index (χ2n) is 6.83. The third kappa shape index (κ3) is 3.49. The van der Waals surface area contributed by atoms with Gasteiger partial charge in [0, 0.05) is 18.0 Å². The Kier molecular flexibility index (Phi) is 4.19. The molecule has 2 amide bonds. The lowest BCUT2D eigenvalue weighted by molar-refractivity contribution is -0.122. The van der Waals surface area contributed by atoms with Crippen molar-refractivity contribution < 1.29 is 9.59 Å². The molecule has 22 heavy (non-hydrogen) atoms. The van der Waals surface area contributed by atoms with Crippen LogP contribution >= 0.6 is 0 Å². The van der Waals surface area contributed by atoms with Crippen LogP contribution in [0.3, 0.4) is 0 Å². The molecule has 0 unspecified atom stereocenters. The predicted molar refractivity (Wildman–Crippen MR) is 85.4 cm³/mol. The molecule has 3 rings (SSSR count). The maximum atomic E-state index is 12.1. The predicted octanol–water partition coefficient (Wildman–Crippen LogP) is 2.25. The van der Waals surface area contributed by atoms with E-state index in [0.717, 1.165) is 37.7 Å². The summed E-state index contributed by atoms with van der Waals surface area (Å²) < 4.78 is 0. The molecule has 1 aromatic rings. The van der Waals surface area contributed by atoms with Gasteiger partial charge in [0.15, 0.2) is 0 Å². The lowest BCUT2D eigenvalue weighted by atomic mass is 9.78. The van der Waals surface area contributed by atoms with Crippen molar-refractivity contribution in [3.05, 3.63) is 35.4 Å². The normalized spacial score (nSPS) is 27.7. The zero-order valence-electron chi connectivity index (χ0n) is 13.2. The van der Waals surface area contributed by atoms with E-state index in [0.29, 0.717) is 12.8 Å². The van der Waals surface area contributed by atoms with Crippen LogP contribution in [0, 0.1) is 6.92 Å². The van der Waals surface area contributed by atoms with Crippen molar-refractivity contribution in [1.82, 2.24) is 10.6 Å². The molecule has 1 saturated heterocycles. The Balaban J connectivity index is 1.47. The Morgan fingerprint density at radius 2 is 1.91 bits per heavy atom. The van der Waals surface area contributed by atoms with E-state index in [-0.39, 0.29) is 23.4 Å².